The number of hydrogen-bond donors (Lipinski definition) is 2. The van der Waals surface area contributed by atoms with E-state index in [1.165, 1.54) is 25.4 Å². The number of carbonyl (C=O) groups excluding carboxylic acids is 2. The number of esters is 1. The van der Waals surface area contributed by atoms with Crippen LogP contribution in [0, 0.1) is 11.6 Å². The molecule has 0 saturated heterocycles. The number of pyridine rings is 1. The summed E-state index contributed by atoms with van der Waals surface area (Å²) in [6, 6.07) is 12.6. The van der Waals surface area contributed by atoms with Crippen LogP contribution in [0.5, 0.6) is 0 Å². The van der Waals surface area contributed by atoms with Crippen LogP contribution in [0.1, 0.15) is 20.7 Å². The summed E-state index contributed by atoms with van der Waals surface area (Å²) in [5.41, 5.74) is 0.865. The van der Waals surface area contributed by atoms with Gasteiger partial charge in [-0.3, -0.25) is 4.79 Å². The van der Waals surface area contributed by atoms with Gasteiger partial charge >= 0.3 is 5.97 Å². The monoisotopic (exact) mass is 383 g/mol. The van der Waals surface area contributed by atoms with E-state index in [0.717, 1.165) is 12.1 Å². The molecule has 6 nitrogen and oxygen atoms in total. The molecule has 1 amide bonds. The molecule has 0 fully saturated rings. The Morgan fingerprint density at radius 1 is 1.00 bits per heavy atom. The molecule has 8 heteroatoms. The van der Waals surface area contributed by atoms with Crippen molar-refractivity contribution in [2.24, 2.45) is 0 Å². The molecule has 3 aromatic rings. The van der Waals surface area contributed by atoms with Gasteiger partial charge in [0.2, 0.25) is 0 Å². The molecule has 1 heterocycles. The number of aromatic nitrogens is 1. The topological polar surface area (TPSA) is 80.3 Å². The average Bonchev–Trinajstić information content (AvgIpc) is 2.70. The minimum absolute atomic E-state index is 0.138. The fourth-order valence-corrected chi connectivity index (χ4v) is 2.41. The van der Waals surface area contributed by atoms with E-state index >= 15 is 0 Å². The number of nitrogens with one attached hydrogen (secondary N) is 2. The van der Waals surface area contributed by atoms with Crippen molar-refractivity contribution in [1.29, 1.82) is 0 Å². The van der Waals surface area contributed by atoms with E-state index in [1.54, 1.807) is 24.3 Å². The smallest absolute Gasteiger partial charge is 0.339 e. The fourth-order valence-electron chi connectivity index (χ4n) is 2.41. The summed E-state index contributed by atoms with van der Waals surface area (Å²) in [5.74, 6) is -2.32. The number of halogens is 2. The standard InChI is InChI=1S/C20H15F2N3O3/c1-28-20(27)14-4-2-3-5-16(14)24-18-9-6-12(11-23-18)19(26)25-17-8-7-13(21)10-15(17)22/h2-11H,1H3,(H,23,24)(H,25,26). The van der Waals surface area contributed by atoms with E-state index in [4.69, 9.17) is 4.74 Å². The van der Waals surface area contributed by atoms with Crippen molar-refractivity contribution in [2.45, 2.75) is 0 Å². The molecule has 2 N–H and O–H groups in total. The van der Waals surface area contributed by atoms with Gasteiger partial charge in [0.15, 0.2) is 0 Å². The first-order valence-corrected chi connectivity index (χ1v) is 8.15. The molecule has 0 aliphatic heterocycles. The molecular weight excluding hydrogens is 368 g/mol. The number of rotatable bonds is 5. The zero-order valence-corrected chi connectivity index (χ0v) is 14.7. The summed E-state index contributed by atoms with van der Waals surface area (Å²) < 4.78 is 31.3. The highest BCUT2D eigenvalue weighted by molar-refractivity contribution is 6.04. The van der Waals surface area contributed by atoms with Gasteiger partial charge in [-0.05, 0) is 36.4 Å². The predicted molar refractivity (Wildman–Crippen MR) is 99.6 cm³/mol. The molecule has 3 rings (SSSR count). The van der Waals surface area contributed by atoms with Gasteiger partial charge in [0.25, 0.3) is 5.91 Å². The minimum Gasteiger partial charge on any atom is -0.465 e. The maximum atomic E-state index is 13.6. The second kappa shape index (κ2) is 8.26. The third kappa shape index (κ3) is 4.29. The lowest BCUT2D eigenvalue weighted by molar-refractivity contribution is 0.0601. The van der Waals surface area contributed by atoms with Gasteiger partial charge in [0.1, 0.15) is 17.5 Å². The average molecular weight is 383 g/mol. The summed E-state index contributed by atoms with van der Waals surface area (Å²) >= 11 is 0. The van der Waals surface area contributed by atoms with Gasteiger partial charge in [-0.1, -0.05) is 12.1 Å². The largest absolute Gasteiger partial charge is 0.465 e. The Morgan fingerprint density at radius 2 is 1.79 bits per heavy atom. The number of methoxy groups -OCH3 is 1. The Bertz CT molecular complexity index is 1020. The quantitative estimate of drug-likeness (QED) is 0.647. The van der Waals surface area contributed by atoms with E-state index in [0.29, 0.717) is 23.1 Å². The van der Waals surface area contributed by atoms with Gasteiger partial charge in [-0.2, -0.15) is 0 Å². The Labute approximate surface area is 159 Å². The summed E-state index contributed by atoms with van der Waals surface area (Å²) in [6.07, 6.45) is 1.29. The first kappa shape index (κ1) is 19.0. The first-order chi connectivity index (χ1) is 13.5. The number of para-hydroxylation sites is 1. The Kier molecular flexibility index (Phi) is 5.59. The van der Waals surface area contributed by atoms with Gasteiger partial charge in [-0.15, -0.1) is 0 Å². The van der Waals surface area contributed by atoms with Crippen LogP contribution in [0.25, 0.3) is 0 Å². The molecular formula is C20H15F2N3O3. The van der Waals surface area contributed by atoms with E-state index < -0.39 is 23.5 Å². The summed E-state index contributed by atoms with van der Waals surface area (Å²) in [7, 11) is 1.29. The van der Waals surface area contributed by atoms with Crippen molar-refractivity contribution in [3.8, 4) is 0 Å². The minimum atomic E-state index is -0.876. The Morgan fingerprint density at radius 3 is 2.46 bits per heavy atom. The molecule has 0 bridgehead atoms. The van der Waals surface area contributed by atoms with Gasteiger partial charge in [0.05, 0.1) is 29.6 Å². The molecule has 0 aliphatic carbocycles. The molecule has 0 radical (unpaired) electrons. The van der Waals surface area contributed by atoms with Crippen LogP contribution in [0.2, 0.25) is 0 Å². The normalized spacial score (nSPS) is 10.2. The third-order valence-corrected chi connectivity index (χ3v) is 3.80. The van der Waals surface area contributed by atoms with Crippen molar-refractivity contribution in [3.05, 3.63) is 83.6 Å². The van der Waals surface area contributed by atoms with Crippen molar-refractivity contribution >= 4 is 29.1 Å². The lowest BCUT2D eigenvalue weighted by atomic mass is 10.1. The molecule has 1 aromatic heterocycles. The molecule has 0 unspecified atom stereocenters. The van der Waals surface area contributed by atoms with Crippen molar-refractivity contribution in [3.63, 3.8) is 0 Å². The van der Waals surface area contributed by atoms with E-state index in [1.807, 2.05) is 0 Å². The molecule has 2 aromatic carbocycles. The van der Waals surface area contributed by atoms with Crippen LogP contribution in [0.15, 0.2) is 60.8 Å². The molecule has 0 aliphatic rings. The number of anilines is 3. The second-order valence-electron chi connectivity index (χ2n) is 5.67. The van der Waals surface area contributed by atoms with Crippen LogP contribution in [-0.2, 0) is 4.74 Å². The maximum Gasteiger partial charge on any atom is 0.339 e. The Hall–Kier alpha value is -3.81. The maximum absolute atomic E-state index is 13.6. The molecule has 142 valence electrons. The fraction of sp³-hybridized carbons (Fsp3) is 0.0500. The number of benzene rings is 2. The summed E-state index contributed by atoms with van der Waals surface area (Å²) in [4.78, 5) is 28.1. The zero-order valence-electron chi connectivity index (χ0n) is 14.7. The second-order valence-corrected chi connectivity index (χ2v) is 5.67. The number of carbonyl (C=O) groups is 2. The lowest BCUT2D eigenvalue weighted by Gasteiger charge is -2.10. The number of hydrogen-bond acceptors (Lipinski definition) is 5. The first-order valence-electron chi connectivity index (χ1n) is 8.15. The zero-order chi connectivity index (χ0) is 20.1. The highest BCUT2D eigenvalue weighted by Crippen LogP contribution is 2.21. The molecule has 28 heavy (non-hydrogen) atoms. The molecule has 0 spiro atoms. The lowest BCUT2D eigenvalue weighted by Crippen LogP contribution is -2.13. The Balaban J connectivity index is 1.73. The van der Waals surface area contributed by atoms with Crippen LogP contribution in [0.4, 0.5) is 26.0 Å². The molecule has 0 saturated carbocycles. The van der Waals surface area contributed by atoms with Gasteiger partial charge < -0.3 is 15.4 Å². The highest BCUT2D eigenvalue weighted by atomic mass is 19.1. The van der Waals surface area contributed by atoms with Crippen LogP contribution >= 0.6 is 0 Å². The van der Waals surface area contributed by atoms with Crippen molar-refractivity contribution < 1.29 is 23.1 Å². The number of ether oxygens (including phenoxy) is 1. The predicted octanol–water partition coefficient (Wildman–Crippen LogP) is 4.14. The van der Waals surface area contributed by atoms with Gasteiger partial charge in [0, 0.05) is 12.3 Å². The summed E-state index contributed by atoms with van der Waals surface area (Å²) in [5, 5.41) is 5.33. The SMILES string of the molecule is COC(=O)c1ccccc1Nc1ccc(C(=O)Nc2ccc(F)cc2F)cn1. The van der Waals surface area contributed by atoms with Crippen molar-refractivity contribution in [1.82, 2.24) is 4.98 Å². The number of amides is 1. The van der Waals surface area contributed by atoms with E-state index in [2.05, 4.69) is 15.6 Å². The highest BCUT2D eigenvalue weighted by Gasteiger charge is 2.13. The van der Waals surface area contributed by atoms with E-state index in [-0.39, 0.29) is 11.3 Å². The number of nitrogens with zero attached hydrogens (tertiary/aromatic N) is 1. The van der Waals surface area contributed by atoms with E-state index in [9.17, 15) is 18.4 Å². The third-order valence-electron chi connectivity index (χ3n) is 3.80. The summed E-state index contributed by atoms with van der Waals surface area (Å²) in [6.45, 7) is 0. The van der Waals surface area contributed by atoms with Crippen LogP contribution in [0.3, 0.4) is 0 Å². The van der Waals surface area contributed by atoms with Crippen LogP contribution in [-0.4, -0.2) is 24.0 Å². The van der Waals surface area contributed by atoms with Crippen LogP contribution < -0.4 is 10.6 Å². The molecule has 0 atom stereocenters. The van der Waals surface area contributed by atoms with Crippen molar-refractivity contribution in [2.75, 3.05) is 17.7 Å². The van der Waals surface area contributed by atoms with Gasteiger partial charge in [-0.25, -0.2) is 18.6 Å².